The first-order valence-electron chi connectivity index (χ1n) is 4.75. The van der Waals surface area contributed by atoms with Gasteiger partial charge in [-0.05, 0) is 25.0 Å². The molecule has 0 saturated heterocycles. The third-order valence-electron chi connectivity index (χ3n) is 2.33. The van der Waals surface area contributed by atoms with E-state index in [-0.39, 0.29) is 11.4 Å². The molecule has 0 saturated carbocycles. The van der Waals surface area contributed by atoms with Crippen molar-refractivity contribution in [3.8, 4) is 0 Å². The molecule has 0 heterocycles. The van der Waals surface area contributed by atoms with E-state index in [0.29, 0.717) is 17.6 Å². The van der Waals surface area contributed by atoms with Gasteiger partial charge in [0, 0.05) is 11.1 Å². The van der Waals surface area contributed by atoms with Crippen molar-refractivity contribution in [3.63, 3.8) is 0 Å². The molecule has 2 nitrogen and oxygen atoms in total. The van der Waals surface area contributed by atoms with Crippen LogP contribution in [0, 0.1) is 5.82 Å². The third kappa shape index (κ3) is 2.43. The molecule has 0 atom stereocenters. The summed E-state index contributed by atoms with van der Waals surface area (Å²) >= 11 is 0. The Bertz CT molecular complexity index is 408. The molecule has 0 spiro atoms. The molecule has 0 aromatic heterocycles. The Labute approximate surface area is 88.1 Å². The average Bonchev–Trinajstić information content (AvgIpc) is 2.21. The number of rotatable bonds is 3. The van der Waals surface area contributed by atoms with Gasteiger partial charge in [-0.3, -0.25) is 0 Å². The number of hydrogen-bond donors (Lipinski definition) is 1. The number of carboxylic acids is 1. The first-order chi connectivity index (χ1) is 7.07. The van der Waals surface area contributed by atoms with Gasteiger partial charge in [-0.1, -0.05) is 25.1 Å². The summed E-state index contributed by atoms with van der Waals surface area (Å²) in [6.45, 7) is 3.31. The minimum Gasteiger partial charge on any atom is -0.478 e. The standard InChI is InChI=1S/C12H13FO2/c1-3-9(8(2)12(14)15)10-6-4-5-7-11(10)13/h4-7H,3H2,1-2H3,(H,14,15)/b9-8+. The van der Waals surface area contributed by atoms with E-state index >= 15 is 0 Å². The van der Waals surface area contributed by atoms with Gasteiger partial charge < -0.3 is 5.11 Å². The maximum atomic E-state index is 13.4. The van der Waals surface area contributed by atoms with E-state index < -0.39 is 5.97 Å². The number of benzene rings is 1. The summed E-state index contributed by atoms with van der Waals surface area (Å²) in [5, 5.41) is 8.86. The SMILES string of the molecule is CC/C(=C(/C)C(=O)O)c1ccccc1F. The van der Waals surface area contributed by atoms with E-state index in [9.17, 15) is 9.18 Å². The Morgan fingerprint density at radius 2 is 2.00 bits per heavy atom. The number of hydrogen-bond acceptors (Lipinski definition) is 1. The van der Waals surface area contributed by atoms with Crippen molar-refractivity contribution in [2.75, 3.05) is 0 Å². The molecule has 1 aromatic carbocycles. The van der Waals surface area contributed by atoms with Crippen molar-refractivity contribution < 1.29 is 14.3 Å². The predicted molar refractivity (Wildman–Crippen MR) is 56.9 cm³/mol. The highest BCUT2D eigenvalue weighted by molar-refractivity contribution is 5.95. The second kappa shape index (κ2) is 4.73. The molecule has 1 rings (SSSR count). The van der Waals surface area contributed by atoms with Crippen LogP contribution in [-0.4, -0.2) is 11.1 Å². The minimum atomic E-state index is -1.00. The summed E-state index contributed by atoms with van der Waals surface area (Å²) in [6, 6.07) is 6.21. The Balaban J connectivity index is 3.31. The van der Waals surface area contributed by atoms with Gasteiger partial charge in [0.25, 0.3) is 0 Å². The quantitative estimate of drug-likeness (QED) is 0.775. The molecule has 0 aliphatic heterocycles. The fraction of sp³-hybridized carbons (Fsp3) is 0.250. The highest BCUT2D eigenvalue weighted by Gasteiger charge is 2.12. The highest BCUT2D eigenvalue weighted by Crippen LogP contribution is 2.24. The molecule has 3 heteroatoms. The number of carbonyl (C=O) groups is 1. The zero-order chi connectivity index (χ0) is 11.4. The lowest BCUT2D eigenvalue weighted by atomic mass is 9.98. The molecule has 0 unspecified atom stereocenters. The molecule has 1 aromatic rings. The molecule has 0 fully saturated rings. The van der Waals surface area contributed by atoms with Crippen molar-refractivity contribution in [3.05, 3.63) is 41.2 Å². The largest absolute Gasteiger partial charge is 0.478 e. The van der Waals surface area contributed by atoms with Crippen LogP contribution in [0.25, 0.3) is 5.57 Å². The number of aliphatic carboxylic acids is 1. The van der Waals surface area contributed by atoms with Crippen LogP contribution < -0.4 is 0 Å². The van der Waals surface area contributed by atoms with Crippen molar-refractivity contribution in [2.24, 2.45) is 0 Å². The van der Waals surface area contributed by atoms with E-state index in [1.165, 1.54) is 13.0 Å². The lowest BCUT2D eigenvalue weighted by Crippen LogP contribution is -2.01. The molecule has 0 bridgehead atoms. The fourth-order valence-corrected chi connectivity index (χ4v) is 1.49. The monoisotopic (exact) mass is 208 g/mol. The number of halogens is 1. The highest BCUT2D eigenvalue weighted by atomic mass is 19.1. The lowest BCUT2D eigenvalue weighted by molar-refractivity contribution is -0.132. The van der Waals surface area contributed by atoms with Crippen molar-refractivity contribution in [1.82, 2.24) is 0 Å². The molecule has 0 radical (unpaired) electrons. The van der Waals surface area contributed by atoms with Crippen molar-refractivity contribution in [1.29, 1.82) is 0 Å². The third-order valence-corrected chi connectivity index (χ3v) is 2.33. The maximum absolute atomic E-state index is 13.4. The van der Waals surface area contributed by atoms with Gasteiger partial charge in [0.15, 0.2) is 0 Å². The summed E-state index contributed by atoms with van der Waals surface area (Å²) in [6.07, 6.45) is 0.499. The summed E-state index contributed by atoms with van der Waals surface area (Å²) in [4.78, 5) is 10.8. The molecule has 0 amide bonds. The Morgan fingerprint density at radius 3 is 2.47 bits per heavy atom. The van der Waals surface area contributed by atoms with Gasteiger partial charge in [0.1, 0.15) is 5.82 Å². The van der Waals surface area contributed by atoms with Crippen LogP contribution in [0.4, 0.5) is 4.39 Å². The average molecular weight is 208 g/mol. The summed E-state index contributed by atoms with van der Waals surface area (Å²) in [5.41, 5.74) is 1.11. The second-order valence-electron chi connectivity index (χ2n) is 3.24. The van der Waals surface area contributed by atoms with Gasteiger partial charge in [0.05, 0.1) is 0 Å². The van der Waals surface area contributed by atoms with E-state index in [4.69, 9.17) is 5.11 Å². The van der Waals surface area contributed by atoms with Crippen LogP contribution in [0.1, 0.15) is 25.8 Å². The van der Waals surface area contributed by atoms with E-state index in [1.54, 1.807) is 18.2 Å². The lowest BCUT2D eigenvalue weighted by Gasteiger charge is -2.08. The van der Waals surface area contributed by atoms with Crippen LogP contribution >= 0.6 is 0 Å². The van der Waals surface area contributed by atoms with Gasteiger partial charge >= 0.3 is 5.97 Å². The van der Waals surface area contributed by atoms with E-state index in [1.807, 2.05) is 6.92 Å². The van der Waals surface area contributed by atoms with Crippen LogP contribution in [0.5, 0.6) is 0 Å². The first-order valence-corrected chi connectivity index (χ1v) is 4.75. The normalized spacial score (nSPS) is 12.2. The van der Waals surface area contributed by atoms with Gasteiger partial charge in [-0.25, -0.2) is 9.18 Å². The van der Waals surface area contributed by atoms with Crippen molar-refractivity contribution >= 4 is 11.5 Å². The molecule has 1 N–H and O–H groups in total. The van der Waals surface area contributed by atoms with Crippen LogP contribution in [0.3, 0.4) is 0 Å². The zero-order valence-electron chi connectivity index (χ0n) is 8.75. The Morgan fingerprint density at radius 1 is 1.40 bits per heavy atom. The van der Waals surface area contributed by atoms with Crippen molar-refractivity contribution in [2.45, 2.75) is 20.3 Å². The molecule has 0 aliphatic carbocycles. The van der Waals surface area contributed by atoms with Gasteiger partial charge in [0.2, 0.25) is 0 Å². The maximum Gasteiger partial charge on any atom is 0.331 e. The minimum absolute atomic E-state index is 0.197. The zero-order valence-corrected chi connectivity index (χ0v) is 8.75. The topological polar surface area (TPSA) is 37.3 Å². The van der Waals surface area contributed by atoms with Crippen LogP contribution in [0.2, 0.25) is 0 Å². The molecular weight excluding hydrogens is 195 g/mol. The number of allylic oxidation sites excluding steroid dienone is 1. The molecular formula is C12H13FO2. The predicted octanol–water partition coefficient (Wildman–Crippen LogP) is 3.09. The smallest absolute Gasteiger partial charge is 0.331 e. The second-order valence-corrected chi connectivity index (χ2v) is 3.24. The Hall–Kier alpha value is -1.64. The van der Waals surface area contributed by atoms with Gasteiger partial charge in [-0.15, -0.1) is 0 Å². The first kappa shape index (κ1) is 11.4. The van der Waals surface area contributed by atoms with Crippen LogP contribution in [-0.2, 0) is 4.79 Å². The van der Waals surface area contributed by atoms with E-state index in [0.717, 1.165) is 0 Å². The fourth-order valence-electron chi connectivity index (χ4n) is 1.49. The molecule has 80 valence electrons. The van der Waals surface area contributed by atoms with E-state index in [2.05, 4.69) is 0 Å². The number of carboxylic acid groups (broad SMARTS) is 1. The summed E-state index contributed by atoms with van der Waals surface area (Å²) < 4.78 is 13.4. The summed E-state index contributed by atoms with van der Waals surface area (Å²) in [5.74, 6) is -1.38. The molecule has 0 aliphatic rings. The Kier molecular flexibility index (Phi) is 3.61. The molecule has 15 heavy (non-hydrogen) atoms. The van der Waals surface area contributed by atoms with Gasteiger partial charge in [-0.2, -0.15) is 0 Å². The van der Waals surface area contributed by atoms with Crippen LogP contribution in [0.15, 0.2) is 29.8 Å². The summed E-state index contributed by atoms with van der Waals surface area (Å²) in [7, 11) is 0.